The average molecular weight is 481 g/mol. The standard InChI is InChI=1S/C24H36O6SSi/c1-22(2,3)32(7,8)30-17-14-20(28-6)24(31(26,27)18-12-10-9-11-13-18)19(25)16-23(4,5)29-21(24)15-17/h9-14,20-21H,15-16H2,1-8H3/t20?,21-,24-/m0/s1. The third-order valence-electron chi connectivity index (χ3n) is 7.05. The lowest BCUT2D eigenvalue weighted by Crippen LogP contribution is -2.70. The van der Waals surface area contributed by atoms with E-state index in [-0.39, 0.29) is 28.6 Å². The normalized spacial score (nSPS) is 28.6. The predicted octanol–water partition coefficient (Wildman–Crippen LogP) is 4.66. The summed E-state index contributed by atoms with van der Waals surface area (Å²) < 4.78 is 44.8. The van der Waals surface area contributed by atoms with Crippen molar-refractivity contribution in [1.82, 2.24) is 0 Å². The number of ketones is 1. The highest BCUT2D eigenvalue weighted by Crippen LogP contribution is 2.49. The summed E-state index contributed by atoms with van der Waals surface area (Å²) in [7, 11) is -4.89. The molecule has 0 spiro atoms. The molecule has 0 aromatic heterocycles. The summed E-state index contributed by atoms with van der Waals surface area (Å²) in [5.41, 5.74) is -0.783. The molecule has 1 unspecified atom stereocenters. The van der Waals surface area contributed by atoms with Crippen LogP contribution < -0.4 is 0 Å². The van der Waals surface area contributed by atoms with E-state index in [2.05, 4.69) is 33.9 Å². The van der Waals surface area contributed by atoms with Crippen molar-refractivity contribution in [3.05, 3.63) is 42.2 Å². The van der Waals surface area contributed by atoms with Crippen LogP contribution in [0.3, 0.4) is 0 Å². The second-order valence-corrected chi connectivity index (χ2v) is 17.8. The van der Waals surface area contributed by atoms with E-state index < -0.39 is 40.7 Å². The summed E-state index contributed by atoms with van der Waals surface area (Å²) in [5, 5.41) is -0.0381. The molecular formula is C24H36O6SSi. The highest BCUT2D eigenvalue weighted by atomic mass is 32.2. The Labute approximate surface area is 193 Å². The van der Waals surface area contributed by atoms with Crippen molar-refractivity contribution in [3.8, 4) is 0 Å². The molecular weight excluding hydrogens is 444 g/mol. The minimum Gasteiger partial charge on any atom is -0.547 e. The van der Waals surface area contributed by atoms with E-state index in [1.54, 1.807) is 24.3 Å². The summed E-state index contributed by atoms with van der Waals surface area (Å²) in [5.74, 6) is 0.259. The number of Topliss-reactive ketones (excluding diaryl/α,β-unsaturated/α-hetero) is 1. The van der Waals surface area contributed by atoms with Gasteiger partial charge >= 0.3 is 0 Å². The quantitative estimate of drug-likeness (QED) is 0.570. The molecule has 6 nitrogen and oxygen atoms in total. The molecule has 0 saturated carbocycles. The molecule has 1 saturated heterocycles. The van der Waals surface area contributed by atoms with Gasteiger partial charge in [-0.25, -0.2) is 8.42 Å². The Morgan fingerprint density at radius 1 is 1.12 bits per heavy atom. The van der Waals surface area contributed by atoms with E-state index in [1.807, 2.05) is 13.8 Å². The molecule has 1 aromatic rings. The van der Waals surface area contributed by atoms with E-state index in [4.69, 9.17) is 13.9 Å². The summed E-state index contributed by atoms with van der Waals surface area (Å²) >= 11 is 0. The van der Waals surface area contributed by atoms with Crippen LogP contribution in [0.15, 0.2) is 47.1 Å². The van der Waals surface area contributed by atoms with Crippen molar-refractivity contribution in [1.29, 1.82) is 0 Å². The average Bonchev–Trinajstić information content (AvgIpc) is 2.65. The molecule has 0 radical (unpaired) electrons. The lowest BCUT2D eigenvalue weighted by Gasteiger charge is -2.52. The van der Waals surface area contributed by atoms with E-state index in [1.165, 1.54) is 19.2 Å². The van der Waals surface area contributed by atoms with Gasteiger partial charge in [0, 0.05) is 20.0 Å². The van der Waals surface area contributed by atoms with Crippen molar-refractivity contribution in [2.45, 2.75) is 93.0 Å². The molecule has 32 heavy (non-hydrogen) atoms. The molecule has 1 aromatic carbocycles. The molecule has 1 aliphatic heterocycles. The van der Waals surface area contributed by atoms with Gasteiger partial charge in [0.05, 0.1) is 22.4 Å². The second-order valence-electron chi connectivity index (χ2n) is 10.9. The molecule has 0 bridgehead atoms. The third kappa shape index (κ3) is 4.00. The SMILES string of the molecule is COC1C=C(O[Si](C)(C)C(C)(C)C)C[C@@H]2OC(C)(C)CC(=O)[C@]12S(=O)(=O)c1ccccc1. The monoisotopic (exact) mass is 480 g/mol. The summed E-state index contributed by atoms with van der Waals surface area (Å²) in [6.45, 7) is 14.3. The van der Waals surface area contributed by atoms with Crippen LogP contribution in [0.4, 0.5) is 0 Å². The highest BCUT2D eigenvalue weighted by Gasteiger charge is 2.67. The lowest BCUT2D eigenvalue weighted by atomic mass is 9.76. The number of ether oxygens (including phenoxy) is 2. The number of hydrogen-bond donors (Lipinski definition) is 0. The lowest BCUT2D eigenvalue weighted by molar-refractivity contribution is -0.168. The molecule has 3 rings (SSSR count). The van der Waals surface area contributed by atoms with Crippen LogP contribution in [-0.2, 0) is 28.5 Å². The van der Waals surface area contributed by atoms with Gasteiger partial charge in [-0.15, -0.1) is 0 Å². The summed E-state index contributed by atoms with van der Waals surface area (Å²) in [4.78, 5) is 13.8. The van der Waals surface area contributed by atoms with Gasteiger partial charge in [0.1, 0.15) is 6.10 Å². The fraction of sp³-hybridized carbons (Fsp3) is 0.625. The van der Waals surface area contributed by atoms with Crippen LogP contribution in [-0.4, -0.2) is 52.2 Å². The van der Waals surface area contributed by atoms with Crippen LogP contribution in [0.1, 0.15) is 47.5 Å². The van der Waals surface area contributed by atoms with Gasteiger partial charge in [0.15, 0.2) is 20.4 Å². The van der Waals surface area contributed by atoms with Gasteiger partial charge in [-0.3, -0.25) is 4.79 Å². The maximum absolute atomic E-state index is 14.0. The van der Waals surface area contributed by atoms with E-state index in [9.17, 15) is 13.2 Å². The van der Waals surface area contributed by atoms with Gasteiger partial charge in [0.2, 0.25) is 8.32 Å². The first-order chi connectivity index (χ1) is 14.6. The van der Waals surface area contributed by atoms with Gasteiger partial charge in [-0.1, -0.05) is 39.0 Å². The Morgan fingerprint density at radius 3 is 2.25 bits per heavy atom. The van der Waals surface area contributed by atoms with Crippen LogP contribution >= 0.6 is 0 Å². The minimum absolute atomic E-state index is 0.0122. The Balaban J connectivity index is 2.19. The number of methoxy groups -OCH3 is 1. The molecule has 2 aliphatic rings. The molecule has 178 valence electrons. The molecule has 3 atom stereocenters. The van der Waals surface area contributed by atoms with Gasteiger partial charge in [-0.2, -0.15) is 0 Å². The third-order valence-corrected chi connectivity index (χ3v) is 13.9. The number of carbonyl (C=O) groups excluding carboxylic acids is 1. The minimum atomic E-state index is -4.13. The van der Waals surface area contributed by atoms with E-state index in [0.29, 0.717) is 5.76 Å². The van der Waals surface area contributed by atoms with Crippen LogP contribution in [0, 0.1) is 0 Å². The van der Waals surface area contributed by atoms with Crippen LogP contribution in [0.5, 0.6) is 0 Å². The fourth-order valence-electron chi connectivity index (χ4n) is 4.37. The fourth-order valence-corrected chi connectivity index (χ4v) is 7.71. The maximum Gasteiger partial charge on any atom is 0.250 e. The van der Waals surface area contributed by atoms with Crippen molar-refractivity contribution < 1.29 is 27.1 Å². The number of rotatable bonds is 5. The first-order valence-corrected chi connectivity index (χ1v) is 15.4. The van der Waals surface area contributed by atoms with E-state index >= 15 is 0 Å². The Hall–Kier alpha value is -1.48. The molecule has 8 heteroatoms. The zero-order valence-electron chi connectivity index (χ0n) is 20.4. The zero-order chi connectivity index (χ0) is 24.2. The van der Waals surface area contributed by atoms with Crippen molar-refractivity contribution >= 4 is 23.9 Å². The molecule has 0 amide bonds. The Bertz CT molecular complexity index is 1010. The van der Waals surface area contributed by atoms with Gasteiger partial charge in [0.25, 0.3) is 0 Å². The first-order valence-electron chi connectivity index (χ1n) is 11.0. The second kappa shape index (κ2) is 8.08. The van der Waals surface area contributed by atoms with Gasteiger partial charge < -0.3 is 13.9 Å². The van der Waals surface area contributed by atoms with Crippen LogP contribution in [0.2, 0.25) is 18.1 Å². The highest BCUT2D eigenvalue weighted by molar-refractivity contribution is 7.93. The molecule has 1 fully saturated rings. The predicted molar refractivity (Wildman–Crippen MR) is 127 cm³/mol. The van der Waals surface area contributed by atoms with Gasteiger partial charge in [-0.05, 0) is 50.2 Å². The largest absolute Gasteiger partial charge is 0.547 e. The van der Waals surface area contributed by atoms with Crippen molar-refractivity contribution in [3.63, 3.8) is 0 Å². The molecule has 1 heterocycles. The van der Waals surface area contributed by atoms with Crippen LogP contribution in [0.25, 0.3) is 0 Å². The molecule has 0 N–H and O–H groups in total. The summed E-state index contributed by atoms with van der Waals surface area (Å²) in [6, 6.07) is 8.10. The topological polar surface area (TPSA) is 78.9 Å². The Kier molecular flexibility index (Phi) is 6.35. The number of sulfone groups is 1. The molecule has 1 aliphatic carbocycles. The number of fused-ring (bicyclic) bond motifs is 1. The van der Waals surface area contributed by atoms with Crippen molar-refractivity contribution in [2.75, 3.05) is 7.11 Å². The van der Waals surface area contributed by atoms with E-state index in [0.717, 1.165) is 0 Å². The maximum atomic E-state index is 14.0. The zero-order valence-corrected chi connectivity index (χ0v) is 22.2. The first kappa shape index (κ1) is 25.1. The smallest absolute Gasteiger partial charge is 0.250 e. The Morgan fingerprint density at radius 2 is 1.72 bits per heavy atom. The number of hydrogen-bond acceptors (Lipinski definition) is 6. The number of benzene rings is 1. The number of carbonyl (C=O) groups is 1. The summed E-state index contributed by atoms with van der Waals surface area (Å²) in [6.07, 6.45) is -0.0553. The van der Waals surface area contributed by atoms with Crippen molar-refractivity contribution in [2.24, 2.45) is 0 Å².